The standard InChI is InChI=1S/C15H18N4OS/c1-10-9-21-15(16-10)18-14-7-3-5-12(17-14)13-6-4-8-19(13)11(2)20/h3,5,7,9,13H,4,6,8H2,1-2H3,(H,16,17,18). The van der Waals surface area contributed by atoms with Gasteiger partial charge in [-0.25, -0.2) is 9.97 Å². The minimum absolute atomic E-state index is 0.0993. The van der Waals surface area contributed by atoms with E-state index in [9.17, 15) is 4.79 Å². The molecule has 3 rings (SSSR count). The van der Waals surface area contributed by atoms with Crippen LogP contribution in [0.3, 0.4) is 0 Å². The molecule has 21 heavy (non-hydrogen) atoms. The third-order valence-corrected chi connectivity index (χ3v) is 4.50. The van der Waals surface area contributed by atoms with Crippen LogP contribution >= 0.6 is 11.3 Å². The molecule has 1 fully saturated rings. The molecular weight excluding hydrogens is 284 g/mol. The molecule has 1 atom stereocenters. The first-order valence-electron chi connectivity index (χ1n) is 7.07. The van der Waals surface area contributed by atoms with Gasteiger partial charge in [0, 0.05) is 18.8 Å². The van der Waals surface area contributed by atoms with Crippen LogP contribution in [0.5, 0.6) is 0 Å². The SMILES string of the molecule is CC(=O)N1CCCC1c1cccc(Nc2nc(C)cs2)n1. The highest BCUT2D eigenvalue weighted by atomic mass is 32.1. The van der Waals surface area contributed by atoms with Crippen LogP contribution in [0.15, 0.2) is 23.6 Å². The van der Waals surface area contributed by atoms with E-state index in [0.717, 1.165) is 41.7 Å². The molecule has 1 saturated heterocycles. The number of likely N-dealkylation sites (tertiary alicyclic amines) is 1. The largest absolute Gasteiger partial charge is 0.334 e. The molecule has 2 aromatic heterocycles. The number of amides is 1. The van der Waals surface area contributed by atoms with Crippen molar-refractivity contribution in [3.05, 3.63) is 35.0 Å². The minimum Gasteiger partial charge on any atom is -0.334 e. The number of nitrogens with one attached hydrogen (secondary N) is 1. The fourth-order valence-electron chi connectivity index (χ4n) is 2.68. The van der Waals surface area contributed by atoms with Crippen molar-refractivity contribution in [1.82, 2.24) is 14.9 Å². The minimum atomic E-state index is 0.0993. The molecule has 0 aromatic carbocycles. The number of aryl methyl sites for hydroxylation is 1. The number of carbonyl (C=O) groups is 1. The van der Waals surface area contributed by atoms with E-state index in [1.807, 2.05) is 35.4 Å². The maximum Gasteiger partial charge on any atom is 0.220 e. The van der Waals surface area contributed by atoms with E-state index in [0.29, 0.717) is 0 Å². The Labute approximate surface area is 128 Å². The van der Waals surface area contributed by atoms with Gasteiger partial charge in [0.1, 0.15) is 5.82 Å². The van der Waals surface area contributed by atoms with Crippen LogP contribution in [0, 0.1) is 6.92 Å². The molecule has 6 heteroatoms. The van der Waals surface area contributed by atoms with Crippen molar-refractivity contribution in [2.24, 2.45) is 0 Å². The van der Waals surface area contributed by atoms with E-state index in [1.165, 1.54) is 0 Å². The normalized spacial score (nSPS) is 18.0. The lowest BCUT2D eigenvalue weighted by Crippen LogP contribution is -2.28. The second-order valence-corrected chi connectivity index (χ2v) is 6.10. The molecule has 0 radical (unpaired) electrons. The number of anilines is 2. The van der Waals surface area contributed by atoms with E-state index in [2.05, 4.69) is 15.3 Å². The lowest BCUT2D eigenvalue weighted by atomic mass is 10.1. The van der Waals surface area contributed by atoms with Gasteiger partial charge >= 0.3 is 0 Å². The smallest absolute Gasteiger partial charge is 0.220 e. The van der Waals surface area contributed by atoms with Crippen molar-refractivity contribution in [1.29, 1.82) is 0 Å². The van der Waals surface area contributed by atoms with E-state index >= 15 is 0 Å². The Balaban J connectivity index is 1.81. The Morgan fingerprint density at radius 3 is 3.00 bits per heavy atom. The van der Waals surface area contributed by atoms with Crippen LogP contribution in [0.1, 0.15) is 37.2 Å². The van der Waals surface area contributed by atoms with Gasteiger partial charge in [-0.2, -0.15) is 0 Å². The van der Waals surface area contributed by atoms with Gasteiger partial charge in [0.05, 0.1) is 17.4 Å². The quantitative estimate of drug-likeness (QED) is 0.945. The molecular formula is C15H18N4OS. The molecule has 110 valence electrons. The summed E-state index contributed by atoms with van der Waals surface area (Å²) < 4.78 is 0. The highest BCUT2D eigenvalue weighted by molar-refractivity contribution is 7.13. The average molecular weight is 302 g/mol. The fourth-order valence-corrected chi connectivity index (χ4v) is 3.37. The third kappa shape index (κ3) is 3.05. The Bertz CT molecular complexity index is 655. The summed E-state index contributed by atoms with van der Waals surface area (Å²) in [6, 6.07) is 5.99. The van der Waals surface area contributed by atoms with Crippen LogP contribution in [0.25, 0.3) is 0 Å². The molecule has 1 N–H and O–H groups in total. The number of rotatable bonds is 3. The number of thiazole rings is 1. The first-order valence-corrected chi connectivity index (χ1v) is 7.95. The van der Waals surface area contributed by atoms with Gasteiger partial charge in [0.15, 0.2) is 5.13 Å². The first-order chi connectivity index (χ1) is 10.1. The van der Waals surface area contributed by atoms with Gasteiger partial charge in [-0.05, 0) is 31.9 Å². The maximum absolute atomic E-state index is 11.7. The highest BCUT2D eigenvalue weighted by Crippen LogP contribution is 2.31. The Kier molecular flexibility index (Phi) is 3.88. The molecule has 1 amide bonds. The second-order valence-electron chi connectivity index (χ2n) is 5.24. The van der Waals surface area contributed by atoms with Gasteiger partial charge in [0.2, 0.25) is 5.91 Å². The fraction of sp³-hybridized carbons (Fsp3) is 0.400. The van der Waals surface area contributed by atoms with Crippen molar-refractivity contribution >= 4 is 28.2 Å². The molecule has 5 nitrogen and oxygen atoms in total. The van der Waals surface area contributed by atoms with Crippen molar-refractivity contribution in [3.63, 3.8) is 0 Å². The zero-order valence-corrected chi connectivity index (χ0v) is 13.0. The highest BCUT2D eigenvalue weighted by Gasteiger charge is 2.28. The Morgan fingerprint density at radius 2 is 2.29 bits per heavy atom. The monoisotopic (exact) mass is 302 g/mol. The number of carbonyl (C=O) groups excluding carboxylic acids is 1. The van der Waals surface area contributed by atoms with Crippen molar-refractivity contribution in [2.75, 3.05) is 11.9 Å². The van der Waals surface area contributed by atoms with Crippen LogP contribution < -0.4 is 5.32 Å². The summed E-state index contributed by atoms with van der Waals surface area (Å²) in [7, 11) is 0. The van der Waals surface area contributed by atoms with Crippen LogP contribution in [0.2, 0.25) is 0 Å². The molecule has 1 aliphatic rings. The summed E-state index contributed by atoms with van der Waals surface area (Å²) in [5, 5.41) is 6.07. The Morgan fingerprint density at radius 1 is 1.43 bits per heavy atom. The van der Waals surface area contributed by atoms with E-state index in [-0.39, 0.29) is 11.9 Å². The lowest BCUT2D eigenvalue weighted by Gasteiger charge is -2.23. The molecule has 0 spiro atoms. The molecule has 0 saturated carbocycles. The predicted octanol–water partition coefficient (Wildman–Crippen LogP) is 3.27. The summed E-state index contributed by atoms with van der Waals surface area (Å²) in [6.07, 6.45) is 2.02. The number of hydrogen-bond acceptors (Lipinski definition) is 5. The van der Waals surface area contributed by atoms with Crippen molar-refractivity contribution < 1.29 is 4.79 Å². The van der Waals surface area contributed by atoms with E-state index in [4.69, 9.17) is 0 Å². The van der Waals surface area contributed by atoms with Crippen molar-refractivity contribution in [2.45, 2.75) is 32.7 Å². The zero-order valence-electron chi connectivity index (χ0n) is 12.2. The average Bonchev–Trinajstić information content (AvgIpc) is 3.08. The lowest BCUT2D eigenvalue weighted by molar-refractivity contribution is -0.129. The third-order valence-electron chi connectivity index (χ3n) is 3.62. The number of aromatic nitrogens is 2. The predicted molar refractivity (Wildman–Crippen MR) is 83.7 cm³/mol. The zero-order chi connectivity index (χ0) is 14.8. The summed E-state index contributed by atoms with van der Waals surface area (Å²) in [5.41, 5.74) is 1.94. The Hall–Kier alpha value is -1.95. The van der Waals surface area contributed by atoms with Crippen LogP contribution in [-0.4, -0.2) is 27.3 Å². The van der Waals surface area contributed by atoms with E-state index < -0.39 is 0 Å². The molecule has 0 aliphatic carbocycles. The van der Waals surface area contributed by atoms with Crippen LogP contribution in [0.4, 0.5) is 10.9 Å². The summed E-state index contributed by atoms with van der Waals surface area (Å²) in [5.74, 6) is 0.894. The van der Waals surface area contributed by atoms with Gasteiger partial charge in [-0.3, -0.25) is 4.79 Å². The van der Waals surface area contributed by atoms with Crippen LogP contribution in [-0.2, 0) is 4.79 Å². The van der Waals surface area contributed by atoms with Gasteiger partial charge < -0.3 is 10.2 Å². The molecule has 1 aliphatic heterocycles. The molecule has 3 heterocycles. The van der Waals surface area contributed by atoms with Gasteiger partial charge in [-0.15, -0.1) is 11.3 Å². The number of nitrogens with zero attached hydrogens (tertiary/aromatic N) is 3. The molecule has 1 unspecified atom stereocenters. The maximum atomic E-state index is 11.7. The van der Waals surface area contributed by atoms with Crippen molar-refractivity contribution in [3.8, 4) is 0 Å². The first kappa shape index (κ1) is 14.0. The van der Waals surface area contributed by atoms with Gasteiger partial charge in [-0.1, -0.05) is 6.07 Å². The molecule has 0 bridgehead atoms. The number of pyridine rings is 1. The van der Waals surface area contributed by atoms with E-state index in [1.54, 1.807) is 18.3 Å². The van der Waals surface area contributed by atoms with Gasteiger partial charge in [0.25, 0.3) is 0 Å². The summed E-state index contributed by atoms with van der Waals surface area (Å²) >= 11 is 1.56. The topological polar surface area (TPSA) is 58.1 Å². The summed E-state index contributed by atoms with van der Waals surface area (Å²) in [4.78, 5) is 22.6. The summed E-state index contributed by atoms with van der Waals surface area (Å²) in [6.45, 7) is 4.42. The molecule has 2 aromatic rings. The second kappa shape index (κ2) is 5.81. The number of hydrogen-bond donors (Lipinski definition) is 1.